The second-order valence-corrected chi connectivity index (χ2v) is 4.93. The minimum Gasteiger partial charge on any atom is -0.493 e. The van der Waals surface area contributed by atoms with Gasteiger partial charge in [-0.05, 0) is 50.3 Å². The van der Waals surface area contributed by atoms with Crippen LogP contribution < -0.4 is 10.5 Å². The highest BCUT2D eigenvalue weighted by Gasteiger charge is 2.21. The molecule has 102 valence electrons. The van der Waals surface area contributed by atoms with Gasteiger partial charge >= 0.3 is 0 Å². The van der Waals surface area contributed by atoms with Crippen molar-refractivity contribution in [3.8, 4) is 5.75 Å². The maximum atomic E-state index is 10.0. The topological polar surface area (TPSA) is 55.5 Å². The van der Waals surface area contributed by atoms with E-state index in [0.717, 1.165) is 12.2 Å². The Morgan fingerprint density at radius 3 is 2.67 bits per heavy atom. The fraction of sp³-hybridized carbons (Fsp3) is 0.600. The van der Waals surface area contributed by atoms with E-state index in [4.69, 9.17) is 10.5 Å². The molecule has 0 aromatic heterocycles. The number of aliphatic hydroxyl groups is 1. The predicted molar refractivity (Wildman–Crippen MR) is 74.9 cm³/mol. The molecule has 0 radical (unpaired) electrons. The molecule has 0 aliphatic carbocycles. The van der Waals surface area contributed by atoms with Gasteiger partial charge in [-0.1, -0.05) is 19.1 Å². The first-order valence-electron chi connectivity index (χ1n) is 6.64. The van der Waals surface area contributed by atoms with Crippen LogP contribution in [0, 0.1) is 13.8 Å². The summed E-state index contributed by atoms with van der Waals surface area (Å²) >= 11 is 0. The van der Waals surface area contributed by atoms with Crippen LogP contribution in [0.5, 0.6) is 5.75 Å². The van der Waals surface area contributed by atoms with Gasteiger partial charge in [-0.3, -0.25) is 0 Å². The van der Waals surface area contributed by atoms with E-state index in [-0.39, 0.29) is 0 Å². The Hall–Kier alpha value is -1.06. The van der Waals surface area contributed by atoms with E-state index in [2.05, 4.69) is 19.9 Å². The Kier molecular flexibility index (Phi) is 5.63. The predicted octanol–water partition coefficient (Wildman–Crippen LogP) is 2.56. The van der Waals surface area contributed by atoms with Crippen LogP contribution in [-0.2, 0) is 0 Å². The van der Waals surface area contributed by atoms with Crippen LogP contribution in [0.3, 0.4) is 0 Å². The lowest BCUT2D eigenvalue weighted by molar-refractivity contribution is 0.0308. The number of hydrogen-bond donors (Lipinski definition) is 2. The van der Waals surface area contributed by atoms with Crippen LogP contribution in [0.4, 0.5) is 0 Å². The number of benzene rings is 1. The standard InChI is InChI=1S/C15H25NO2/c1-4-15(17,11-16)9-6-10-18-14-8-5-7-12(2)13(14)3/h5,7-8,17H,4,6,9-11,16H2,1-3H3. The van der Waals surface area contributed by atoms with E-state index >= 15 is 0 Å². The summed E-state index contributed by atoms with van der Waals surface area (Å²) in [5.41, 5.74) is 7.25. The molecule has 3 nitrogen and oxygen atoms in total. The Morgan fingerprint density at radius 1 is 1.33 bits per heavy atom. The fourth-order valence-corrected chi connectivity index (χ4v) is 1.89. The van der Waals surface area contributed by atoms with Crippen LogP contribution in [0.2, 0.25) is 0 Å². The highest BCUT2D eigenvalue weighted by molar-refractivity contribution is 5.38. The minimum absolute atomic E-state index is 0.312. The summed E-state index contributed by atoms with van der Waals surface area (Å²) < 4.78 is 5.75. The van der Waals surface area contributed by atoms with E-state index in [0.29, 0.717) is 26.0 Å². The van der Waals surface area contributed by atoms with Crippen molar-refractivity contribution in [3.05, 3.63) is 29.3 Å². The lowest BCUT2D eigenvalue weighted by Crippen LogP contribution is -2.37. The van der Waals surface area contributed by atoms with E-state index in [1.165, 1.54) is 11.1 Å². The highest BCUT2D eigenvalue weighted by Crippen LogP contribution is 2.21. The van der Waals surface area contributed by atoms with Crippen molar-refractivity contribution in [2.45, 2.75) is 45.6 Å². The smallest absolute Gasteiger partial charge is 0.122 e. The zero-order valence-corrected chi connectivity index (χ0v) is 11.7. The quantitative estimate of drug-likeness (QED) is 0.732. The molecular weight excluding hydrogens is 226 g/mol. The number of aryl methyl sites for hydroxylation is 1. The fourth-order valence-electron chi connectivity index (χ4n) is 1.89. The van der Waals surface area contributed by atoms with Crippen LogP contribution >= 0.6 is 0 Å². The third kappa shape index (κ3) is 4.00. The molecule has 0 bridgehead atoms. The van der Waals surface area contributed by atoms with Gasteiger partial charge in [0.15, 0.2) is 0 Å². The molecule has 18 heavy (non-hydrogen) atoms. The Labute approximate surface area is 110 Å². The molecule has 0 saturated heterocycles. The first-order valence-corrected chi connectivity index (χ1v) is 6.64. The minimum atomic E-state index is -0.731. The number of nitrogens with two attached hydrogens (primary N) is 1. The monoisotopic (exact) mass is 251 g/mol. The molecule has 1 aromatic carbocycles. The molecule has 0 aliphatic heterocycles. The Balaban J connectivity index is 2.41. The summed E-state index contributed by atoms with van der Waals surface area (Å²) in [6, 6.07) is 6.06. The second kappa shape index (κ2) is 6.76. The summed E-state index contributed by atoms with van der Waals surface area (Å²) in [7, 11) is 0. The molecule has 1 unspecified atom stereocenters. The summed E-state index contributed by atoms with van der Waals surface area (Å²) in [6.45, 7) is 7.03. The van der Waals surface area contributed by atoms with Gasteiger partial charge in [0.05, 0.1) is 12.2 Å². The van der Waals surface area contributed by atoms with Crippen molar-refractivity contribution in [1.29, 1.82) is 0 Å². The van der Waals surface area contributed by atoms with Crippen LogP contribution in [0.25, 0.3) is 0 Å². The van der Waals surface area contributed by atoms with Gasteiger partial charge in [-0.15, -0.1) is 0 Å². The maximum absolute atomic E-state index is 10.0. The lowest BCUT2D eigenvalue weighted by atomic mass is 9.95. The Morgan fingerprint density at radius 2 is 2.06 bits per heavy atom. The molecular formula is C15H25NO2. The summed E-state index contributed by atoms with van der Waals surface area (Å²) in [6.07, 6.45) is 2.19. The van der Waals surface area contributed by atoms with Crippen molar-refractivity contribution >= 4 is 0 Å². The average Bonchev–Trinajstić information content (AvgIpc) is 2.39. The first kappa shape index (κ1) is 15.0. The van der Waals surface area contributed by atoms with Gasteiger partial charge in [0.25, 0.3) is 0 Å². The normalized spacial score (nSPS) is 14.3. The first-order chi connectivity index (χ1) is 8.52. The number of hydrogen-bond acceptors (Lipinski definition) is 3. The van der Waals surface area contributed by atoms with Gasteiger partial charge in [-0.2, -0.15) is 0 Å². The maximum Gasteiger partial charge on any atom is 0.122 e. The summed E-state index contributed by atoms with van der Waals surface area (Å²) in [4.78, 5) is 0. The summed E-state index contributed by atoms with van der Waals surface area (Å²) in [5, 5.41) is 10.0. The van der Waals surface area contributed by atoms with E-state index in [1.54, 1.807) is 0 Å². The van der Waals surface area contributed by atoms with Crippen molar-refractivity contribution in [2.24, 2.45) is 5.73 Å². The Bertz CT molecular complexity index is 373. The van der Waals surface area contributed by atoms with Crippen LogP contribution in [-0.4, -0.2) is 23.9 Å². The van der Waals surface area contributed by atoms with Gasteiger partial charge < -0.3 is 15.6 Å². The van der Waals surface area contributed by atoms with E-state index in [9.17, 15) is 5.11 Å². The molecule has 0 aliphatic rings. The lowest BCUT2D eigenvalue weighted by Gasteiger charge is -2.24. The van der Waals surface area contributed by atoms with E-state index < -0.39 is 5.60 Å². The van der Waals surface area contributed by atoms with Crippen molar-refractivity contribution in [2.75, 3.05) is 13.2 Å². The molecule has 3 N–H and O–H groups in total. The third-order valence-corrected chi connectivity index (χ3v) is 3.64. The van der Waals surface area contributed by atoms with Gasteiger partial charge in [0.1, 0.15) is 5.75 Å². The molecule has 0 spiro atoms. The third-order valence-electron chi connectivity index (χ3n) is 3.64. The molecule has 0 saturated carbocycles. The molecule has 0 heterocycles. The van der Waals surface area contributed by atoms with E-state index in [1.807, 2.05) is 19.1 Å². The number of ether oxygens (including phenoxy) is 1. The molecule has 1 atom stereocenters. The zero-order chi connectivity index (χ0) is 13.6. The molecule has 1 rings (SSSR count). The van der Waals surface area contributed by atoms with Gasteiger partial charge in [0, 0.05) is 6.54 Å². The largest absolute Gasteiger partial charge is 0.493 e. The molecule has 1 aromatic rings. The summed E-state index contributed by atoms with van der Waals surface area (Å²) in [5.74, 6) is 0.933. The van der Waals surface area contributed by atoms with Crippen molar-refractivity contribution < 1.29 is 9.84 Å². The number of rotatable bonds is 7. The van der Waals surface area contributed by atoms with Gasteiger partial charge in [-0.25, -0.2) is 0 Å². The van der Waals surface area contributed by atoms with Gasteiger partial charge in [0.2, 0.25) is 0 Å². The zero-order valence-electron chi connectivity index (χ0n) is 11.7. The molecule has 0 fully saturated rings. The average molecular weight is 251 g/mol. The molecule has 0 amide bonds. The molecule has 3 heteroatoms. The van der Waals surface area contributed by atoms with Crippen molar-refractivity contribution in [1.82, 2.24) is 0 Å². The SMILES string of the molecule is CCC(O)(CN)CCCOc1cccc(C)c1C. The van der Waals surface area contributed by atoms with Crippen LogP contribution in [0.1, 0.15) is 37.3 Å². The van der Waals surface area contributed by atoms with Crippen LogP contribution in [0.15, 0.2) is 18.2 Å². The van der Waals surface area contributed by atoms with Crippen molar-refractivity contribution in [3.63, 3.8) is 0 Å². The second-order valence-electron chi connectivity index (χ2n) is 4.93. The highest BCUT2D eigenvalue weighted by atomic mass is 16.5.